The molecular formula is C12H18N2O4S. The SMILES string of the molecule is COC[C@@H](C)NC(=O)Nc1ccc(S(C)(=O)=O)cc1. The average molecular weight is 286 g/mol. The predicted octanol–water partition coefficient (Wildman–Crippen LogP) is 1.25. The minimum absolute atomic E-state index is 0.111. The molecule has 0 saturated carbocycles. The van der Waals surface area contributed by atoms with E-state index in [0.29, 0.717) is 12.3 Å². The van der Waals surface area contributed by atoms with Crippen LogP contribution in [0, 0.1) is 0 Å². The lowest BCUT2D eigenvalue weighted by atomic mass is 10.3. The van der Waals surface area contributed by atoms with Gasteiger partial charge in [0.25, 0.3) is 0 Å². The quantitative estimate of drug-likeness (QED) is 0.853. The Morgan fingerprint density at radius 3 is 2.37 bits per heavy atom. The maximum atomic E-state index is 11.6. The van der Waals surface area contributed by atoms with Crippen LogP contribution in [0.4, 0.5) is 10.5 Å². The van der Waals surface area contributed by atoms with Crippen molar-refractivity contribution < 1.29 is 17.9 Å². The van der Waals surface area contributed by atoms with Crippen molar-refractivity contribution in [3.63, 3.8) is 0 Å². The molecule has 0 radical (unpaired) electrons. The minimum atomic E-state index is -3.22. The number of nitrogens with one attached hydrogen (secondary N) is 2. The summed E-state index contributed by atoms with van der Waals surface area (Å²) < 4.78 is 27.4. The van der Waals surface area contributed by atoms with Gasteiger partial charge in [-0.25, -0.2) is 13.2 Å². The van der Waals surface area contributed by atoms with Crippen molar-refractivity contribution >= 4 is 21.6 Å². The first kappa shape index (κ1) is 15.5. The zero-order valence-electron chi connectivity index (χ0n) is 11.1. The fourth-order valence-electron chi connectivity index (χ4n) is 1.47. The van der Waals surface area contributed by atoms with E-state index in [9.17, 15) is 13.2 Å². The third-order valence-electron chi connectivity index (χ3n) is 2.33. The zero-order valence-corrected chi connectivity index (χ0v) is 12.0. The van der Waals surface area contributed by atoms with Gasteiger partial charge in [0, 0.05) is 19.1 Å². The number of ether oxygens (including phenoxy) is 1. The first-order chi connectivity index (χ1) is 8.82. The van der Waals surface area contributed by atoms with E-state index in [1.54, 1.807) is 7.11 Å². The number of methoxy groups -OCH3 is 1. The summed E-state index contributed by atoms with van der Waals surface area (Å²) in [4.78, 5) is 11.8. The van der Waals surface area contributed by atoms with Gasteiger partial charge in [-0.05, 0) is 31.2 Å². The molecule has 0 saturated heterocycles. The molecule has 0 aliphatic rings. The lowest BCUT2D eigenvalue weighted by Crippen LogP contribution is -2.38. The van der Waals surface area contributed by atoms with Crippen LogP contribution in [0.15, 0.2) is 29.2 Å². The van der Waals surface area contributed by atoms with Gasteiger partial charge in [-0.1, -0.05) is 0 Å². The summed E-state index contributed by atoms with van der Waals surface area (Å²) in [6.07, 6.45) is 1.13. The van der Waals surface area contributed by atoms with E-state index in [1.165, 1.54) is 24.3 Å². The summed E-state index contributed by atoms with van der Waals surface area (Å²) in [5, 5.41) is 5.29. The molecule has 0 aromatic heterocycles. The summed E-state index contributed by atoms with van der Waals surface area (Å²) in [7, 11) is -1.66. The van der Waals surface area contributed by atoms with Crippen LogP contribution in [0.2, 0.25) is 0 Å². The maximum Gasteiger partial charge on any atom is 0.319 e. The Morgan fingerprint density at radius 1 is 1.32 bits per heavy atom. The molecule has 1 aromatic rings. The van der Waals surface area contributed by atoms with Gasteiger partial charge in [-0.2, -0.15) is 0 Å². The van der Waals surface area contributed by atoms with Crippen molar-refractivity contribution in [3.05, 3.63) is 24.3 Å². The number of carbonyl (C=O) groups is 1. The summed E-state index contributed by atoms with van der Waals surface area (Å²) in [6, 6.07) is 5.50. The molecule has 0 aliphatic heterocycles. The van der Waals surface area contributed by atoms with Crippen LogP contribution in [0.1, 0.15) is 6.92 Å². The smallest absolute Gasteiger partial charge is 0.319 e. The van der Waals surface area contributed by atoms with E-state index >= 15 is 0 Å². The van der Waals surface area contributed by atoms with Crippen molar-refractivity contribution in [2.45, 2.75) is 17.9 Å². The molecule has 0 aliphatic carbocycles. The van der Waals surface area contributed by atoms with Crippen LogP contribution < -0.4 is 10.6 Å². The molecule has 7 heteroatoms. The van der Waals surface area contributed by atoms with E-state index in [2.05, 4.69) is 10.6 Å². The zero-order chi connectivity index (χ0) is 14.5. The van der Waals surface area contributed by atoms with Gasteiger partial charge in [0.1, 0.15) is 0 Å². The highest BCUT2D eigenvalue weighted by Gasteiger charge is 2.09. The van der Waals surface area contributed by atoms with E-state index < -0.39 is 9.84 Å². The standard InChI is InChI=1S/C12H18N2O4S/c1-9(8-18-2)13-12(15)14-10-4-6-11(7-5-10)19(3,16)17/h4-7,9H,8H2,1-3H3,(H2,13,14,15)/t9-/m1/s1. The van der Waals surface area contributed by atoms with Crippen LogP contribution in [-0.4, -0.2) is 40.5 Å². The van der Waals surface area contributed by atoms with Crippen LogP contribution in [0.3, 0.4) is 0 Å². The first-order valence-electron chi connectivity index (χ1n) is 5.69. The van der Waals surface area contributed by atoms with Gasteiger partial charge in [0.15, 0.2) is 9.84 Å². The van der Waals surface area contributed by atoms with E-state index in [0.717, 1.165) is 6.26 Å². The van der Waals surface area contributed by atoms with Crippen molar-refractivity contribution in [2.75, 3.05) is 25.3 Å². The van der Waals surface area contributed by atoms with E-state index in [1.807, 2.05) is 6.92 Å². The number of hydrogen-bond donors (Lipinski definition) is 2. The van der Waals surface area contributed by atoms with Crippen LogP contribution in [0.5, 0.6) is 0 Å². The topological polar surface area (TPSA) is 84.5 Å². The molecule has 19 heavy (non-hydrogen) atoms. The average Bonchev–Trinajstić information content (AvgIpc) is 2.28. The van der Waals surface area contributed by atoms with Gasteiger partial charge in [-0.3, -0.25) is 0 Å². The third-order valence-corrected chi connectivity index (χ3v) is 3.46. The number of carbonyl (C=O) groups excluding carboxylic acids is 1. The molecule has 0 bridgehead atoms. The predicted molar refractivity (Wildman–Crippen MR) is 73.0 cm³/mol. The van der Waals surface area contributed by atoms with Gasteiger partial charge >= 0.3 is 6.03 Å². The molecular weight excluding hydrogens is 268 g/mol. The number of amides is 2. The molecule has 0 fully saturated rings. The molecule has 0 spiro atoms. The highest BCUT2D eigenvalue weighted by atomic mass is 32.2. The monoisotopic (exact) mass is 286 g/mol. The minimum Gasteiger partial charge on any atom is -0.383 e. The summed E-state index contributed by atoms with van der Waals surface area (Å²) in [6.45, 7) is 2.23. The molecule has 0 heterocycles. The number of sulfone groups is 1. The largest absolute Gasteiger partial charge is 0.383 e. The Morgan fingerprint density at radius 2 is 1.89 bits per heavy atom. The summed E-state index contributed by atoms with van der Waals surface area (Å²) in [5.74, 6) is 0. The number of rotatable bonds is 5. The Kier molecular flexibility index (Phi) is 5.31. The normalized spacial score (nSPS) is 12.8. The number of urea groups is 1. The number of hydrogen-bond acceptors (Lipinski definition) is 4. The fourth-order valence-corrected chi connectivity index (χ4v) is 2.10. The summed E-state index contributed by atoms with van der Waals surface area (Å²) >= 11 is 0. The number of anilines is 1. The second-order valence-corrected chi connectivity index (χ2v) is 6.27. The van der Waals surface area contributed by atoms with Crippen molar-refractivity contribution in [2.24, 2.45) is 0 Å². The number of benzene rings is 1. The molecule has 6 nitrogen and oxygen atoms in total. The second kappa shape index (κ2) is 6.53. The third kappa shape index (κ3) is 5.27. The molecule has 2 amide bonds. The molecule has 2 N–H and O–H groups in total. The molecule has 1 aromatic carbocycles. The Bertz CT molecular complexity index is 525. The Labute approximate surface area is 113 Å². The van der Waals surface area contributed by atoms with Crippen molar-refractivity contribution in [1.82, 2.24) is 5.32 Å². The summed E-state index contributed by atoms with van der Waals surface area (Å²) in [5.41, 5.74) is 0.523. The van der Waals surface area contributed by atoms with E-state index in [-0.39, 0.29) is 17.0 Å². The molecule has 0 unspecified atom stereocenters. The lowest BCUT2D eigenvalue weighted by molar-refractivity contribution is 0.173. The van der Waals surface area contributed by atoms with Gasteiger partial charge in [-0.15, -0.1) is 0 Å². The van der Waals surface area contributed by atoms with Crippen LogP contribution >= 0.6 is 0 Å². The van der Waals surface area contributed by atoms with E-state index in [4.69, 9.17) is 4.74 Å². The van der Waals surface area contributed by atoms with Crippen LogP contribution in [-0.2, 0) is 14.6 Å². The van der Waals surface area contributed by atoms with Gasteiger partial charge in [0.2, 0.25) is 0 Å². The van der Waals surface area contributed by atoms with Gasteiger partial charge in [0.05, 0.1) is 17.5 Å². The highest BCUT2D eigenvalue weighted by molar-refractivity contribution is 7.90. The highest BCUT2D eigenvalue weighted by Crippen LogP contribution is 2.13. The van der Waals surface area contributed by atoms with Crippen molar-refractivity contribution in [1.29, 1.82) is 0 Å². The fraction of sp³-hybridized carbons (Fsp3) is 0.417. The maximum absolute atomic E-state index is 11.6. The Hall–Kier alpha value is -1.60. The van der Waals surface area contributed by atoms with Crippen LogP contribution in [0.25, 0.3) is 0 Å². The molecule has 1 rings (SSSR count). The molecule has 1 atom stereocenters. The van der Waals surface area contributed by atoms with Crippen molar-refractivity contribution in [3.8, 4) is 0 Å². The first-order valence-corrected chi connectivity index (χ1v) is 7.58. The second-order valence-electron chi connectivity index (χ2n) is 4.25. The lowest BCUT2D eigenvalue weighted by Gasteiger charge is -2.13. The molecule has 106 valence electrons. The van der Waals surface area contributed by atoms with Gasteiger partial charge < -0.3 is 15.4 Å². The Balaban J connectivity index is 2.61.